The summed E-state index contributed by atoms with van der Waals surface area (Å²) < 4.78 is 27.7. The first-order chi connectivity index (χ1) is 13.8. The summed E-state index contributed by atoms with van der Waals surface area (Å²) in [5.74, 6) is -0.215. The van der Waals surface area contributed by atoms with Gasteiger partial charge < -0.3 is 9.72 Å². The molecule has 4 aromatic rings. The summed E-state index contributed by atoms with van der Waals surface area (Å²) in [5.41, 5.74) is 2.60. The fourth-order valence-corrected chi connectivity index (χ4v) is 5.87. The lowest BCUT2D eigenvalue weighted by Gasteiger charge is -2.08. The molecule has 0 aliphatic heterocycles. The number of carbonyl (C=O) groups is 1. The Bertz CT molecular complexity index is 1310. The van der Waals surface area contributed by atoms with E-state index in [0.717, 1.165) is 11.2 Å². The Hall–Kier alpha value is -3.04. The van der Waals surface area contributed by atoms with Crippen molar-refractivity contribution in [1.82, 2.24) is 19.7 Å². The van der Waals surface area contributed by atoms with Gasteiger partial charge in [-0.15, -0.1) is 11.3 Å². The quantitative estimate of drug-likeness (QED) is 0.529. The van der Waals surface area contributed by atoms with Gasteiger partial charge in [-0.1, -0.05) is 12.1 Å². The van der Waals surface area contributed by atoms with E-state index in [2.05, 4.69) is 15.3 Å². The lowest BCUT2D eigenvalue weighted by atomic mass is 10.2. The molecule has 7 nitrogen and oxygen atoms in total. The normalized spacial score (nSPS) is 11.7. The first-order valence-corrected chi connectivity index (χ1v) is 11.1. The number of aryl methyl sites for hydroxylation is 2. The highest BCUT2D eigenvalue weighted by atomic mass is 32.2. The van der Waals surface area contributed by atoms with E-state index < -0.39 is 9.84 Å². The van der Waals surface area contributed by atoms with Crippen LogP contribution >= 0.6 is 11.3 Å². The Balaban J connectivity index is 1.46. The van der Waals surface area contributed by atoms with Gasteiger partial charge in [0.2, 0.25) is 9.84 Å². The second kappa shape index (κ2) is 7.41. The Morgan fingerprint density at radius 2 is 1.90 bits per heavy atom. The number of sulfone groups is 1. The maximum atomic E-state index is 12.8. The molecule has 0 atom stereocenters. The van der Waals surface area contributed by atoms with Crippen LogP contribution in [0.25, 0.3) is 5.65 Å². The van der Waals surface area contributed by atoms with Gasteiger partial charge in [-0.05, 0) is 43.7 Å². The van der Waals surface area contributed by atoms with Crippen LogP contribution in [0.1, 0.15) is 26.6 Å². The zero-order valence-corrected chi connectivity index (χ0v) is 17.4. The molecule has 1 N–H and O–H groups in total. The molecule has 1 aromatic carbocycles. The smallest absolute Gasteiger partial charge is 0.253 e. The molecule has 148 valence electrons. The fourth-order valence-electron chi connectivity index (χ4n) is 2.99. The molecule has 0 unspecified atom stereocenters. The van der Waals surface area contributed by atoms with E-state index in [1.807, 2.05) is 0 Å². The second-order valence-corrected chi connectivity index (χ2v) is 9.89. The van der Waals surface area contributed by atoms with Crippen LogP contribution in [0.15, 0.2) is 64.1 Å². The molecule has 1 amide bonds. The lowest BCUT2D eigenvalue weighted by Crippen LogP contribution is -2.23. The fraction of sp³-hybridized carbons (Fsp3) is 0.150. The summed E-state index contributed by atoms with van der Waals surface area (Å²) in [6.07, 6.45) is 5.16. The average molecular weight is 427 g/mol. The van der Waals surface area contributed by atoms with Crippen LogP contribution in [0, 0.1) is 13.8 Å². The molecular weight excluding hydrogens is 408 g/mol. The van der Waals surface area contributed by atoms with Crippen molar-refractivity contribution in [2.75, 3.05) is 0 Å². The lowest BCUT2D eigenvalue weighted by molar-refractivity contribution is 0.0950. The van der Waals surface area contributed by atoms with Crippen LogP contribution in [0.2, 0.25) is 0 Å². The number of thiazole rings is 1. The third-order valence-corrected chi connectivity index (χ3v) is 7.89. The number of hydrogen-bond donors (Lipinski definition) is 1. The molecule has 0 spiro atoms. The zero-order chi connectivity index (χ0) is 20.6. The summed E-state index contributed by atoms with van der Waals surface area (Å²) in [6, 6.07) is 10.0. The number of nitrogens with one attached hydrogen (secondary N) is 1. The number of pyridine rings is 1. The largest absolute Gasteiger partial charge is 0.348 e. The van der Waals surface area contributed by atoms with Crippen LogP contribution in [0.5, 0.6) is 0 Å². The molecule has 3 heterocycles. The summed E-state index contributed by atoms with van der Waals surface area (Å²) in [4.78, 5) is 20.9. The van der Waals surface area contributed by atoms with Gasteiger partial charge in [-0.3, -0.25) is 4.79 Å². The third-order valence-electron chi connectivity index (χ3n) is 4.44. The number of carbonyl (C=O) groups excluding carboxylic acids is 1. The maximum absolute atomic E-state index is 12.8. The van der Waals surface area contributed by atoms with Gasteiger partial charge in [0.15, 0.2) is 0 Å². The number of hydrogen-bond acceptors (Lipinski definition) is 6. The molecule has 9 heteroatoms. The summed E-state index contributed by atoms with van der Waals surface area (Å²) in [6.45, 7) is 3.77. The standard InChI is InChI=1S/C20H18N4O3S2/c1-13-20(28-14(2)23-13)29(26,27)17-6-3-15(4-7-17)11-22-19(25)16-5-8-18-21-9-10-24(18)12-16/h3-10,12H,11H2,1-2H3,(H,22,25). The van der Waals surface area contributed by atoms with E-state index in [9.17, 15) is 13.2 Å². The number of imidazole rings is 1. The Kier molecular flexibility index (Phi) is 4.93. The van der Waals surface area contributed by atoms with Crippen molar-refractivity contribution in [1.29, 1.82) is 0 Å². The first kappa shape index (κ1) is 19.3. The Morgan fingerprint density at radius 1 is 1.14 bits per heavy atom. The molecule has 0 saturated heterocycles. The molecule has 0 radical (unpaired) electrons. The van der Waals surface area contributed by atoms with E-state index in [1.165, 1.54) is 11.3 Å². The van der Waals surface area contributed by atoms with Gasteiger partial charge >= 0.3 is 0 Å². The predicted octanol–water partition coefficient (Wildman–Crippen LogP) is 3.17. The Labute approximate surface area is 172 Å². The van der Waals surface area contributed by atoms with Crippen molar-refractivity contribution in [2.24, 2.45) is 0 Å². The molecule has 0 bridgehead atoms. The van der Waals surface area contributed by atoms with Crippen LogP contribution in [-0.4, -0.2) is 28.7 Å². The van der Waals surface area contributed by atoms with E-state index >= 15 is 0 Å². The average Bonchev–Trinajstić information content (AvgIpc) is 3.31. The van der Waals surface area contributed by atoms with Gasteiger partial charge in [0.1, 0.15) is 9.86 Å². The van der Waals surface area contributed by atoms with Crippen molar-refractivity contribution in [2.45, 2.75) is 29.5 Å². The summed E-state index contributed by atoms with van der Waals surface area (Å²) in [7, 11) is -3.60. The van der Waals surface area contributed by atoms with E-state index in [4.69, 9.17) is 0 Å². The van der Waals surface area contributed by atoms with E-state index in [1.54, 1.807) is 73.2 Å². The third kappa shape index (κ3) is 3.79. The van der Waals surface area contributed by atoms with Crippen LogP contribution in [-0.2, 0) is 16.4 Å². The maximum Gasteiger partial charge on any atom is 0.253 e. The molecule has 4 rings (SSSR count). The van der Waals surface area contributed by atoms with Gasteiger partial charge in [0.05, 0.1) is 21.2 Å². The highest BCUT2D eigenvalue weighted by Crippen LogP contribution is 2.29. The number of fused-ring (bicyclic) bond motifs is 1. The predicted molar refractivity (Wildman–Crippen MR) is 110 cm³/mol. The highest BCUT2D eigenvalue weighted by molar-refractivity contribution is 7.93. The molecular formula is C20H18N4O3S2. The minimum atomic E-state index is -3.60. The number of nitrogens with zero attached hydrogens (tertiary/aromatic N) is 3. The van der Waals surface area contributed by atoms with Crippen molar-refractivity contribution >= 4 is 32.7 Å². The summed E-state index contributed by atoms with van der Waals surface area (Å²) >= 11 is 1.17. The van der Waals surface area contributed by atoms with Crippen molar-refractivity contribution in [3.05, 3.63) is 76.8 Å². The van der Waals surface area contributed by atoms with Crippen LogP contribution < -0.4 is 5.32 Å². The minimum absolute atomic E-state index is 0.213. The SMILES string of the molecule is Cc1nc(C)c(S(=O)(=O)c2ccc(CNC(=O)c3ccc4nccn4c3)cc2)s1. The van der Waals surface area contributed by atoms with Crippen molar-refractivity contribution in [3.63, 3.8) is 0 Å². The zero-order valence-electron chi connectivity index (χ0n) is 15.8. The molecule has 0 fully saturated rings. The van der Waals surface area contributed by atoms with Crippen LogP contribution in [0.3, 0.4) is 0 Å². The van der Waals surface area contributed by atoms with E-state index in [0.29, 0.717) is 22.8 Å². The molecule has 3 aromatic heterocycles. The van der Waals surface area contributed by atoms with Crippen molar-refractivity contribution < 1.29 is 13.2 Å². The first-order valence-electron chi connectivity index (χ1n) is 8.83. The topological polar surface area (TPSA) is 93.4 Å². The van der Waals surface area contributed by atoms with Crippen molar-refractivity contribution in [3.8, 4) is 0 Å². The van der Waals surface area contributed by atoms with Gasteiger partial charge in [-0.25, -0.2) is 18.4 Å². The van der Waals surface area contributed by atoms with E-state index in [-0.39, 0.29) is 15.0 Å². The number of amides is 1. The number of rotatable bonds is 5. The van der Waals surface area contributed by atoms with Gasteiger partial charge in [0, 0.05) is 25.1 Å². The number of benzene rings is 1. The highest BCUT2D eigenvalue weighted by Gasteiger charge is 2.23. The summed E-state index contributed by atoms with van der Waals surface area (Å²) in [5, 5.41) is 3.56. The molecule has 0 aliphatic carbocycles. The van der Waals surface area contributed by atoms with Crippen LogP contribution in [0.4, 0.5) is 0 Å². The Morgan fingerprint density at radius 3 is 2.59 bits per heavy atom. The molecule has 0 saturated carbocycles. The number of aromatic nitrogens is 3. The monoisotopic (exact) mass is 426 g/mol. The molecule has 0 aliphatic rings. The van der Waals surface area contributed by atoms with Gasteiger partial charge in [-0.2, -0.15) is 0 Å². The van der Waals surface area contributed by atoms with Gasteiger partial charge in [0.25, 0.3) is 5.91 Å². The minimum Gasteiger partial charge on any atom is -0.348 e. The second-order valence-electron chi connectivity index (χ2n) is 6.55. The molecule has 29 heavy (non-hydrogen) atoms.